The second kappa shape index (κ2) is 4.00. The highest BCUT2D eigenvalue weighted by Gasteiger charge is 2.45. The largest absolute Gasteiger partial charge is 0.389 e. The van der Waals surface area contributed by atoms with Crippen LogP contribution in [0.2, 0.25) is 0 Å². The third kappa shape index (κ3) is 2.95. The summed E-state index contributed by atoms with van der Waals surface area (Å²) in [6.45, 7) is 4.77. The summed E-state index contributed by atoms with van der Waals surface area (Å²) in [6, 6.07) is 0. The predicted octanol–water partition coefficient (Wildman–Crippen LogP) is 0.939. The number of likely N-dealkylation sites (tertiary alicyclic amines) is 1. The topological polar surface area (TPSA) is 73.3 Å². The van der Waals surface area contributed by atoms with Crippen LogP contribution in [0.4, 0.5) is 0 Å². The molecule has 4 nitrogen and oxygen atoms in total. The zero-order chi connectivity index (χ0) is 11.8. The predicted molar refractivity (Wildman–Crippen MR) is 64.5 cm³/mol. The molecule has 0 bridgehead atoms. The Balaban J connectivity index is 1.87. The number of nitrogens with two attached hydrogens (primary N) is 1. The van der Waals surface area contributed by atoms with E-state index < -0.39 is 5.60 Å². The second-order valence-corrected chi connectivity index (χ2v) is 6.01. The van der Waals surface area contributed by atoms with E-state index in [-0.39, 0.29) is 5.41 Å². The molecule has 92 valence electrons. The van der Waals surface area contributed by atoms with E-state index in [0.29, 0.717) is 5.84 Å². The van der Waals surface area contributed by atoms with Crippen molar-refractivity contribution in [3.05, 3.63) is 0 Å². The number of aliphatic hydroxyl groups is 1. The fourth-order valence-corrected chi connectivity index (χ4v) is 2.90. The van der Waals surface area contributed by atoms with Crippen LogP contribution in [0.3, 0.4) is 0 Å². The average molecular weight is 225 g/mol. The lowest BCUT2D eigenvalue weighted by Crippen LogP contribution is -2.48. The molecule has 1 saturated carbocycles. The number of piperidine rings is 1. The number of hydrogen-bond acceptors (Lipinski definition) is 3. The van der Waals surface area contributed by atoms with Crippen LogP contribution < -0.4 is 5.73 Å². The van der Waals surface area contributed by atoms with Crippen molar-refractivity contribution in [3.8, 4) is 0 Å². The molecule has 1 aliphatic heterocycles. The minimum absolute atomic E-state index is 0.263. The van der Waals surface area contributed by atoms with E-state index in [1.165, 1.54) is 12.8 Å². The van der Waals surface area contributed by atoms with Crippen molar-refractivity contribution in [2.24, 2.45) is 11.1 Å². The number of β-amino-alcohol motifs (C(OH)–C–C–N with tert-alkyl or cyclic N) is 1. The van der Waals surface area contributed by atoms with Crippen LogP contribution in [0.1, 0.15) is 39.0 Å². The Morgan fingerprint density at radius 3 is 2.62 bits per heavy atom. The molecule has 1 atom stereocenters. The van der Waals surface area contributed by atoms with Crippen LogP contribution in [0.5, 0.6) is 0 Å². The lowest BCUT2D eigenvalue weighted by atomic mass is 9.93. The van der Waals surface area contributed by atoms with Gasteiger partial charge in [0.1, 0.15) is 0 Å². The zero-order valence-corrected chi connectivity index (χ0v) is 10.1. The Labute approximate surface area is 97.3 Å². The van der Waals surface area contributed by atoms with Gasteiger partial charge in [-0.05, 0) is 44.6 Å². The van der Waals surface area contributed by atoms with Crippen molar-refractivity contribution in [1.29, 1.82) is 5.41 Å². The Morgan fingerprint density at radius 1 is 1.44 bits per heavy atom. The van der Waals surface area contributed by atoms with Crippen molar-refractivity contribution < 1.29 is 5.11 Å². The maximum absolute atomic E-state index is 10.0. The van der Waals surface area contributed by atoms with Crippen molar-refractivity contribution in [2.45, 2.75) is 44.6 Å². The fourth-order valence-electron chi connectivity index (χ4n) is 2.90. The molecule has 4 heteroatoms. The van der Waals surface area contributed by atoms with Crippen LogP contribution in [-0.4, -0.2) is 41.1 Å². The van der Waals surface area contributed by atoms with Crippen molar-refractivity contribution in [2.75, 3.05) is 19.6 Å². The molecule has 0 aromatic heterocycles. The van der Waals surface area contributed by atoms with Crippen LogP contribution >= 0.6 is 0 Å². The fraction of sp³-hybridized carbons (Fsp3) is 0.917. The first kappa shape index (κ1) is 11.9. The van der Waals surface area contributed by atoms with Gasteiger partial charge in [0.15, 0.2) is 0 Å². The van der Waals surface area contributed by atoms with Crippen molar-refractivity contribution in [1.82, 2.24) is 4.90 Å². The molecule has 1 unspecified atom stereocenters. The Morgan fingerprint density at radius 2 is 2.12 bits per heavy atom. The highest BCUT2D eigenvalue weighted by Crippen LogP contribution is 2.49. The monoisotopic (exact) mass is 225 g/mol. The number of hydrogen-bond donors (Lipinski definition) is 3. The third-order valence-corrected chi connectivity index (χ3v) is 3.84. The summed E-state index contributed by atoms with van der Waals surface area (Å²) in [6.07, 6.45) is 5.08. The number of rotatable bonds is 4. The molecule has 16 heavy (non-hydrogen) atoms. The molecular weight excluding hydrogens is 202 g/mol. The smallest absolute Gasteiger partial charge is 0.0911 e. The lowest BCUT2D eigenvalue weighted by molar-refractivity contribution is -0.0209. The molecule has 1 saturated heterocycles. The van der Waals surface area contributed by atoms with Gasteiger partial charge in [0, 0.05) is 19.5 Å². The van der Waals surface area contributed by atoms with Gasteiger partial charge in [-0.15, -0.1) is 0 Å². The highest BCUT2D eigenvalue weighted by atomic mass is 16.3. The van der Waals surface area contributed by atoms with E-state index >= 15 is 0 Å². The molecule has 1 heterocycles. The first-order chi connectivity index (χ1) is 7.41. The molecule has 1 aliphatic carbocycles. The van der Waals surface area contributed by atoms with E-state index in [2.05, 4.69) is 4.90 Å². The molecule has 2 aliphatic rings. The first-order valence-corrected chi connectivity index (χ1v) is 6.19. The molecule has 0 aromatic rings. The van der Waals surface area contributed by atoms with Crippen LogP contribution in [0, 0.1) is 10.8 Å². The summed E-state index contributed by atoms with van der Waals surface area (Å²) < 4.78 is 0. The Hall–Kier alpha value is -0.610. The van der Waals surface area contributed by atoms with Gasteiger partial charge in [0.2, 0.25) is 0 Å². The molecule has 0 radical (unpaired) electrons. The van der Waals surface area contributed by atoms with E-state index in [9.17, 15) is 5.11 Å². The summed E-state index contributed by atoms with van der Waals surface area (Å²) in [5.74, 6) is 0.307. The summed E-state index contributed by atoms with van der Waals surface area (Å²) in [7, 11) is 0. The summed E-state index contributed by atoms with van der Waals surface area (Å²) in [5, 5.41) is 17.4. The second-order valence-electron chi connectivity index (χ2n) is 6.01. The first-order valence-electron chi connectivity index (χ1n) is 6.19. The van der Waals surface area contributed by atoms with Crippen molar-refractivity contribution in [3.63, 3.8) is 0 Å². The molecule has 2 fully saturated rings. The maximum Gasteiger partial charge on any atom is 0.0911 e. The number of amidine groups is 1. The average Bonchev–Trinajstić information content (AvgIpc) is 2.81. The third-order valence-electron chi connectivity index (χ3n) is 3.84. The van der Waals surface area contributed by atoms with E-state index in [0.717, 1.165) is 38.9 Å². The van der Waals surface area contributed by atoms with E-state index in [1.54, 1.807) is 0 Å². The van der Waals surface area contributed by atoms with Crippen LogP contribution in [0.25, 0.3) is 0 Å². The van der Waals surface area contributed by atoms with Crippen LogP contribution in [-0.2, 0) is 0 Å². The normalized spacial score (nSPS) is 33.6. The minimum atomic E-state index is -0.523. The van der Waals surface area contributed by atoms with Gasteiger partial charge in [-0.2, -0.15) is 0 Å². The standard InChI is InChI=1S/C12H23N3O/c1-11(16)3-2-6-15(8-11)9-12(4-5-12)7-10(13)14/h16H,2-9H2,1H3,(H3,13,14). The molecule has 0 spiro atoms. The number of nitrogens with one attached hydrogen (secondary N) is 1. The van der Waals surface area contributed by atoms with Gasteiger partial charge < -0.3 is 10.8 Å². The molecule has 0 aromatic carbocycles. The van der Waals surface area contributed by atoms with Gasteiger partial charge in [-0.25, -0.2) is 0 Å². The highest BCUT2D eigenvalue weighted by molar-refractivity contribution is 5.78. The van der Waals surface area contributed by atoms with Crippen molar-refractivity contribution >= 4 is 5.84 Å². The number of nitrogens with zero attached hydrogens (tertiary/aromatic N) is 1. The Bertz CT molecular complexity index is 284. The molecular formula is C12H23N3O. The van der Waals surface area contributed by atoms with Gasteiger partial charge in [0.25, 0.3) is 0 Å². The van der Waals surface area contributed by atoms with E-state index in [1.807, 2.05) is 6.92 Å². The van der Waals surface area contributed by atoms with Gasteiger partial charge in [0.05, 0.1) is 11.4 Å². The van der Waals surface area contributed by atoms with Gasteiger partial charge >= 0.3 is 0 Å². The summed E-state index contributed by atoms with van der Waals surface area (Å²) in [4.78, 5) is 2.35. The van der Waals surface area contributed by atoms with Gasteiger partial charge in [-0.1, -0.05) is 0 Å². The lowest BCUT2D eigenvalue weighted by Gasteiger charge is -2.38. The molecule has 4 N–H and O–H groups in total. The van der Waals surface area contributed by atoms with Gasteiger partial charge in [-0.3, -0.25) is 10.3 Å². The quantitative estimate of drug-likeness (QED) is 0.492. The summed E-state index contributed by atoms with van der Waals surface area (Å²) in [5.41, 5.74) is 5.23. The molecule has 2 rings (SSSR count). The SMILES string of the molecule is CC1(O)CCCN(CC2(CC(=N)N)CC2)C1. The zero-order valence-electron chi connectivity index (χ0n) is 10.1. The van der Waals surface area contributed by atoms with E-state index in [4.69, 9.17) is 11.1 Å². The Kier molecular flexibility index (Phi) is 2.97. The van der Waals surface area contributed by atoms with Crippen LogP contribution in [0.15, 0.2) is 0 Å². The summed E-state index contributed by atoms with van der Waals surface area (Å²) >= 11 is 0. The maximum atomic E-state index is 10.0. The molecule has 0 amide bonds. The minimum Gasteiger partial charge on any atom is -0.389 e.